The molecule has 0 radical (unpaired) electrons. The molecule has 20 heavy (non-hydrogen) atoms. The van der Waals surface area contributed by atoms with Gasteiger partial charge in [-0.05, 0) is 42.7 Å². The Balaban J connectivity index is 2.36. The van der Waals surface area contributed by atoms with Crippen molar-refractivity contribution in [3.05, 3.63) is 58.7 Å². The van der Waals surface area contributed by atoms with Gasteiger partial charge in [-0.15, -0.1) is 0 Å². The summed E-state index contributed by atoms with van der Waals surface area (Å²) in [7, 11) is 0. The van der Waals surface area contributed by atoms with Gasteiger partial charge in [0.15, 0.2) is 5.82 Å². The zero-order valence-electron chi connectivity index (χ0n) is 10.9. The average Bonchev–Trinajstić information content (AvgIpc) is 2.37. The van der Waals surface area contributed by atoms with Gasteiger partial charge in [0.25, 0.3) is 0 Å². The molecule has 0 aliphatic heterocycles. The van der Waals surface area contributed by atoms with E-state index in [9.17, 15) is 18.3 Å². The van der Waals surface area contributed by atoms with Crippen molar-refractivity contribution in [1.82, 2.24) is 9.97 Å². The van der Waals surface area contributed by atoms with Gasteiger partial charge in [0.1, 0.15) is 6.10 Å². The first-order valence-corrected chi connectivity index (χ1v) is 5.93. The second kappa shape index (κ2) is 5.20. The van der Waals surface area contributed by atoms with Crippen LogP contribution in [0.3, 0.4) is 0 Å². The first-order chi connectivity index (χ1) is 9.29. The number of rotatable bonds is 2. The highest BCUT2D eigenvalue weighted by Crippen LogP contribution is 2.32. The first-order valence-electron chi connectivity index (χ1n) is 5.93. The van der Waals surface area contributed by atoms with Crippen LogP contribution in [0.15, 0.2) is 30.6 Å². The van der Waals surface area contributed by atoms with Gasteiger partial charge in [-0.1, -0.05) is 6.07 Å². The van der Waals surface area contributed by atoms with Gasteiger partial charge in [-0.25, -0.2) is 9.97 Å². The Labute approximate surface area is 114 Å². The summed E-state index contributed by atoms with van der Waals surface area (Å²) in [5, 5.41) is 10.2. The zero-order chi connectivity index (χ0) is 14.9. The molecule has 0 saturated carbocycles. The monoisotopic (exact) mass is 282 g/mol. The molecular weight excluding hydrogens is 269 g/mol. The molecule has 6 heteroatoms. The standard InChI is InChI=1S/C14H13F3N2O/c1-8-6-18-13(19-7-8)12(20)11-4-3-10(5-9(11)2)14(15,16)17/h3-7,12,20H,1-2H3. The lowest BCUT2D eigenvalue weighted by molar-refractivity contribution is -0.137. The minimum atomic E-state index is -4.39. The maximum atomic E-state index is 12.6. The Morgan fingerprint density at radius 2 is 1.70 bits per heavy atom. The topological polar surface area (TPSA) is 46.0 Å². The van der Waals surface area contributed by atoms with Crippen LogP contribution >= 0.6 is 0 Å². The predicted molar refractivity (Wildman–Crippen MR) is 67.0 cm³/mol. The van der Waals surface area contributed by atoms with E-state index in [1.807, 2.05) is 0 Å². The number of hydrogen-bond acceptors (Lipinski definition) is 3. The molecule has 2 aromatic rings. The van der Waals surface area contributed by atoms with Crippen LogP contribution in [0.1, 0.15) is 34.2 Å². The summed E-state index contributed by atoms with van der Waals surface area (Å²) in [5.41, 5.74) is 0.805. The fourth-order valence-corrected chi connectivity index (χ4v) is 1.84. The van der Waals surface area contributed by atoms with Crippen molar-refractivity contribution in [1.29, 1.82) is 0 Å². The molecule has 0 aliphatic rings. The van der Waals surface area contributed by atoms with Crippen LogP contribution in [-0.2, 0) is 6.18 Å². The molecule has 0 amide bonds. The van der Waals surface area contributed by atoms with Gasteiger partial charge >= 0.3 is 6.18 Å². The molecule has 1 atom stereocenters. The highest BCUT2D eigenvalue weighted by molar-refractivity contribution is 5.36. The van der Waals surface area contributed by atoms with E-state index in [1.165, 1.54) is 13.0 Å². The maximum absolute atomic E-state index is 12.6. The summed E-state index contributed by atoms with van der Waals surface area (Å²) in [6.45, 7) is 3.32. The van der Waals surface area contributed by atoms with Crippen LogP contribution < -0.4 is 0 Å². The van der Waals surface area contributed by atoms with E-state index in [0.29, 0.717) is 11.1 Å². The summed E-state index contributed by atoms with van der Waals surface area (Å²) in [6.07, 6.45) is -2.44. The minimum absolute atomic E-state index is 0.165. The number of aromatic nitrogens is 2. The molecule has 106 valence electrons. The number of aliphatic hydroxyl groups excluding tert-OH is 1. The van der Waals surface area contributed by atoms with E-state index in [4.69, 9.17) is 0 Å². The van der Waals surface area contributed by atoms with Gasteiger partial charge in [-0.2, -0.15) is 13.2 Å². The summed E-state index contributed by atoms with van der Waals surface area (Å²) >= 11 is 0. The molecule has 0 spiro atoms. The Bertz CT molecular complexity index is 609. The summed E-state index contributed by atoms with van der Waals surface area (Å²) in [5.74, 6) is 0.165. The minimum Gasteiger partial charge on any atom is -0.380 e. The van der Waals surface area contributed by atoms with Crippen molar-refractivity contribution in [2.45, 2.75) is 26.1 Å². The van der Waals surface area contributed by atoms with E-state index in [0.717, 1.165) is 17.7 Å². The third-order valence-corrected chi connectivity index (χ3v) is 2.94. The Hall–Kier alpha value is -1.95. The molecule has 0 bridgehead atoms. The average molecular weight is 282 g/mol. The van der Waals surface area contributed by atoms with E-state index in [1.54, 1.807) is 19.3 Å². The lowest BCUT2D eigenvalue weighted by Gasteiger charge is -2.15. The normalized spacial score (nSPS) is 13.3. The van der Waals surface area contributed by atoms with Gasteiger partial charge in [0, 0.05) is 12.4 Å². The van der Waals surface area contributed by atoms with Gasteiger partial charge in [-0.3, -0.25) is 0 Å². The number of aliphatic hydroxyl groups is 1. The first kappa shape index (κ1) is 14.5. The molecule has 1 N–H and O–H groups in total. The van der Waals surface area contributed by atoms with Gasteiger partial charge in [0.05, 0.1) is 5.56 Å². The highest BCUT2D eigenvalue weighted by Gasteiger charge is 2.31. The van der Waals surface area contributed by atoms with Crippen molar-refractivity contribution in [2.75, 3.05) is 0 Å². The summed E-state index contributed by atoms with van der Waals surface area (Å²) in [4.78, 5) is 7.97. The van der Waals surface area contributed by atoms with E-state index >= 15 is 0 Å². The van der Waals surface area contributed by atoms with Crippen LogP contribution in [0.25, 0.3) is 0 Å². The van der Waals surface area contributed by atoms with Crippen LogP contribution in [0.2, 0.25) is 0 Å². The van der Waals surface area contributed by atoms with Gasteiger partial charge < -0.3 is 5.11 Å². The third-order valence-electron chi connectivity index (χ3n) is 2.94. The smallest absolute Gasteiger partial charge is 0.380 e. The number of halogens is 3. The fourth-order valence-electron chi connectivity index (χ4n) is 1.84. The molecule has 1 aromatic heterocycles. The molecule has 0 aliphatic carbocycles. The van der Waals surface area contributed by atoms with Crippen LogP contribution in [0.4, 0.5) is 13.2 Å². The van der Waals surface area contributed by atoms with Crippen molar-refractivity contribution in [3.63, 3.8) is 0 Å². The molecule has 1 unspecified atom stereocenters. The van der Waals surface area contributed by atoms with E-state index in [2.05, 4.69) is 9.97 Å². The summed E-state index contributed by atoms with van der Waals surface area (Å²) < 4.78 is 37.7. The Kier molecular flexibility index (Phi) is 3.76. The molecule has 2 rings (SSSR count). The molecule has 1 heterocycles. The predicted octanol–water partition coefficient (Wildman–Crippen LogP) is 3.19. The van der Waals surface area contributed by atoms with Crippen molar-refractivity contribution in [2.24, 2.45) is 0 Å². The van der Waals surface area contributed by atoms with Crippen molar-refractivity contribution < 1.29 is 18.3 Å². The Morgan fingerprint density at radius 1 is 1.10 bits per heavy atom. The second-order valence-electron chi connectivity index (χ2n) is 4.59. The molecule has 3 nitrogen and oxygen atoms in total. The molecule has 0 saturated heterocycles. The fraction of sp³-hybridized carbons (Fsp3) is 0.286. The van der Waals surface area contributed by atoms with Crippen molar-refractivity contribution in [3.8, 4) is 0 Å². The number of aryl methyl sites for hydroxylation is 2. The van der Waals surface area contributed by atoms with Crippen molar-refractivity contribution >= 4 is 0 Å². The largest absolute Gasteiger partial charge is 0.416 e. The lowest BCUT2D eigenvalue weighted by atomic mass is 10.00. The van der Waals surface area contributed by atoms with E-state index < -0.39 is 17.8 Å². The number of hydrogen-bond donors (Lipinski definition) is 1. The van der Waals surface area contributed by atoms with E-state index in [-0.39, 0.29) is 5.82 Å². The maximum Gasteiger partial charge on any atom is 0.416 e. The molecule has 1 aromatic carbocycles. The lowest BCUT2D eigenvalue weighted by Crippen LogP contribution is -2.10. The quantitative estimate of drug-likeness (QED) is 0.920. The number of alkyl halides is 3. The van der Waals surface area contributed by atoms with Gasteiger partial charge in [0.2, 0.25) is 0 Å². The number of nitrogens with zero attached hydrogens (tertiary/aromatic N) is 2. The van der Waals surface area contributed by atoms with Crippen LogP contribution in [-0.4, -0.2) is 15.1 Å². The van der Waals surface area contributed by atoms with Crippen LogP contribution in [0.5, 0.6) is 0 Å². The summed E-state index contributed by atoms with van der Waals surface area (Å²) in [6, 6.07) is 3.21. The Morgan fingerprint density at radius 3 is 2.20 bits per heavy atom. The molecule has 0 fully saturated rings. The van der Waals surface area contributed by atoms with Crippen LogP contribution in [0, 0.1) is 13.8 Å². The highest BCUT2D eigenvalue weighted by atomic mass is 19.4. The zero-order valence-corrected chi connectivity index (χ0v) is 10.9. The second-order valence-corrected chi connectivity index (χ2v) is 4.59. The number of benzene rings is 1. The third kappa shape index (κ3) is 2.96. The SMILES string of the molecule is Cc1cnc(C(O)c2ccc(C(F)(F)F)cc2C)nc1. The molecular formula is C14H13F3N2O.